The molecule has 3 N–H and O–H groups in total. The number of nitrogens with one attached hydrogen (secondary N) is 1. The van der Waals surface area contributed by atoms with E-state index in [2.05, 4.69) is 66.6 Å². The molecule has 0 aliphatic carbocycles. The van der Waals surface area contributed by atoms with Gasteiger partial charge in [0.2, 0.25) is 0 Å². The van der Waals surface area contributed by atoms with Crippen molar-refractivity contribution in [1.29, 1.82) is 0 Å². The average molecular weight is 269 g/mol. The van der Waals surface area contributed by atoms with Crippen LogP contribution < -0.4 is 11.1 Å². The Bertz CT molecular complexity index is 512. The summed E-state index contributed by atoms with van der Waals surface area (Å²) in [6, 6.07) is 8.83. The van der Waals surface area contributed by atoms with Crippen LogP contribution in [0.25, 0.3) is 0 Å². The maximum atomic E-state index is 5.53. The summed E-state index contributed by atoms with van der Waals surface area (Å²) in [6.45, 7) is 5.17. The summed E-state index contributed by atoms with van der Waals surface area (Å²) in [4.78, 5) is 2.21. The van der Waals surface area contributed by atoms with Gasteiger partial charge in [-0.1, -0.05) is 29.8 Å². The Morgan fingerprint density at radius 1 is 1.30 bits per heavy atom. The second kappa shape index (κ2) is 6.85. The van der Waals surface area contributed by atoms with Crippen molar-refractivity contribution >= 4 is 5.69 Å². The predicted octanol–water partition coefficient (Wildman–Crippen LogP) is 3.37. The fourth-order valence-electron chi connectivity index (χ4n) is 2.31. The van der Waals surface area contributed by atoms with Crippen LogP contribution in [-0.2, 0) is 0 Å². The highest BCUT2D eigenvalue weighted by molar-refractivity contribution is 5.44. The summed E-state index contributed by atoms with van der Waals surface area (Å²) in [7, 11) is 0. The Kier molecular flexibility index (Phi) is 4.88. The lowest BCUT2D eigenvalue weighted by Gasteiger charge is -2.30. The number of nitrogens with two attached hydrogens (primary N) is 1. The van der Waals surface area contributed by atoms with E-state index < -0.39 is 0 Å². The smallest absolute Gasteiger partial charge is 0.0488 e. The van der Waals surface area contributed by atoms with Gasteiger partial charge in [-0.15, -0.1) is 0 Å². The van der Waals surface area contributed by atoms with Gasteiger partial charge in [0.25, 0.3) is 0 Å². The molecule has 0 saturated heterocycles. The van der Waals surface area contributed by atoms with Crippen molar-refractivity contribution in [2.75, 3.05) is 11.9 Å². The average Bonchev–Trinajstić information content (AvgIpc) is 2.45. The van der Waals surface area contributed by atoms with E-state index in [-0.39, 0.29) is 0 Å². The molecule has 1 atom stereocenters. The van der Waals surface area contributed by atoms with E-state index in [9.17, 15) is 0 Å². The van der Waals surface area contributed by atoms with Gasteiger partial charge in [-0.2, -0.15) is 0 Å². The van der Waals surface area contributed by atoms with Gasteiger partial charge < -0.3 is 16.0 Å². The number of allylic oxidation sites excluding steroid dienone is 2. The van der Waals surface area contributed by atoms with Crippen molar-refractivity contribution in [2.24, 2.45) is 5.73 Å². The lowest BCUT2D eigenvalue weighted by Crippen LogP contribution is -2.29. The van der Waals surface area contributed by atoms with Crippen molar-refractivity contribution in [2.45, 2.75) is 26.3 Å². The lowest BCUT2D eigenvalue weighted by molar-refractivity contribution is 0.396. The zero-order chi connectivity index (χ0) is 14.4. The Morgan fingerprint density at radius 2 is 2.05 bits per heavy atom. The van der Waals surface area contributed by atoms with E-state index in [1.807, 2.05) is 6.20 Å². The monoisotopic (exact) mass is 269 g/mol. The molecule has 1 aromatic rings. The number of nitrogens with zero attached hydrogens (tertiary/aromatic N) is 1. The fraction of sp³-hybridized carbons (Fsp3) is 0.294. The topological polar surface area (TPSA) is 41.3 Å². The molecule has 1 unspecified atom stereocenters. The van der Waals surface area contributed by atoms with Crippen molar-refractivity contribution < 1.29 is 0 Å². The van der Waals surface area contributed by atoms with Crippen LogP contribution >= 0.6 is 0 Å². The Hall–Kier alpha value is -2.16. The van der Waals surface area contributed by atoms with Crippen molar-refractivity contribution in [3.8, 4) is 0 Å². The highest BCUT2D eigenvalue weighted by Crippen LogP contribution is 2.19. The van der Waals surface area contributed by atoms with Gasteiger partial charge in [-0.05, 0) is 32.1 Å². The molecule has 1 aromatic carbocycles. The number of rotatable bonds is 5. The first kappa shape index (κ1) is 14.3. The molecule has 1 aliphatic rings. The number of anilines is 1. The molecule has 106 valence electrons. The molecule has 1 heterocycles. The van der Waals surface area contributed by atoms with Crippen LogP contribution in [0.3, 0.4) is 0 Å². The maximum absolute atomic E-state index is 5.53. The summed E-state index contributed by atoms with van der Waals surface area (Å²) in [5, 5.41) is 3.45. The molecule has 2 rings (SSSR count). The summed E-state index contributed by atoms with van der Waals surface area (Å²) in [6.07, 6.45) is 10.9. The lowest BCUT2D eigenvalue weighted by atomic mass is 10.1. The van der Waals surface area contributed by atoms with E-state index in [0.29, 0.717) is 6.04 Å². The molecule has 0 saturated carbocycles. The first-order valence-electron chi connectivity index (χ1n) is 7.05. The van der Waals surface area contributed by atoms with Crippen LogP contribution in [0.2, 0.25) is 0 Å². The molecule has 3 heteroatoms. The number of hydrogen-bond acceptors (Lipinski definition) is 3. The normalized spacial score (nSPS) is 18.4. The second-order valence-corrected chi connectivity index (χ2v) is 5.08. The van der Waals surface area contributed by atoms with Crippen LogP contribution in [0.15, 0.2) is 60.6 Å². The van der Waals surface area contributed by atoms with Gasteiger partial charge in [0.05, 0.1) is 0 Å². The van der Waals surface area contributed by atoms with Gasteiger partial charge in [-0.25, -0.2) is 0 Å². The van der Waals surface area contributed by atoms with E-state index >= 15 is 0 Å². The summed E-state index contributed by atoms with van der Waals surface area (Å²) >= 11 is 0. The third-order valence-corrected chi connectivity index (χ3v) is 3.46. The Morgan fingerprint density at radius 3 is 2.75 bits per heavy atom. The maximum Gasteiger partial charge on any atom is 0.0488 e. The molecule has 0 spiro atoms. The van der Waals surface area contributed by atoms with Gasteiger partial charge in [0, 0.05) is 42.8 Å². The molecular weight excluding hydrogens is 246 g/mol. The molecule has 1 aliphatic heterocycles. The van der Waals surface area contributed by atoms with Crippen LogP contribution in [0.1, 0.15) is 18.9 Å². The third-order valence-electron chi connectivity index (χ3n) is 3.46. The quantitative estimate of drug-likeness (QED) is 0.861. The molecule has 0 amide bonds. The van der Waals surface area contributed by atoms with Gasteiger partial charge in [0.15, 0.2) is 0 Å². The predicted molar refractivity (Wildman–Crippen MR) is 86.1 cm³/mol. The minimum Gasteiger partial charge on any atom is -0.403 e. The van der Waals surface area contributed by atoms with Gasteiger partial charge >= 0.3 is 0 Å². The highest BCUT2D eigenvalue weighted by Gasteiger charge is 2.14. The largest absolute Gasteiger partial charge is 0.403 e. The van der Waals surface area contributed by atoms with E-state index in [4.69, 9.17) is 5.73 Å². The third kappa shape index (κ3) is 3.67. The van der Waals surface area contributed by atoms with E-state index in [1.165, 1.54) is 11.3 Å². The molecular formula is C17H23N3. The van der Waals surface area contributed by atoms with Crippen LogP contribution in [0.4, 0.5) is 5.69 Å². The standard InChI is InChI=1S/C17H23N3/c1-14-6-8-16(9-7-14)19-12-10-17-5-3-4-15(2)20(17)13-11-18/h3-9,11,13,15,19H,10,12,18H2,1-2H3/b13-11-. The van der Waals surface area contributed by atoms with Crippen LogP contribution in [0, 0.1) is 6.92 Å². The van der Waals surface area contributed by atoms with E-state index in [0.717, 1.165) is 18.7 Å². The van der Waals surface area contributed by atoms with Crippen LogP contribution in [-0.4, -0.2) is 17.5 Å². The zero-order valence-corrected chi connectivity index (χ0v) is 12.2. The van der Waals surface area contributed by atoms with Gasteiger partial charge in [-0.3, -0.25) is 0 Å². The van der Waals surface area contributed by atoms with Gasteiger partial charge in [0.1, 0.15) is 0 Å². The Balaban J connectivity index is 1.90. The SMILES string of the molecule is Cc1ccc(NCCC2=CC=CC(C)N2/C=C\N)cc1. The van der Waals surface area contributed by atoms with E-state index in [1.54, 1.807) is 6.20 Å². The first-order valence-corrected chi connectivity index (χ1v) is 7.05. The van der Waals surface area contributed by atoms with Crippen molar-refractivity contribution in [1.82, 2.24) is 4.90 Å². The zero-order valence-electron chi connectivity index (χ0n) is 12.2. The number of benzene rings is 1. The highest BCUT2D eigenvalue weighted by atomic mass is 15.2. The molecule has 20 heavy (non-hydrogen) atoms. The summed E-state index contributed by atoms with van der Waals surface area (Å²) < 4.78 is 0. The summed E-state index contributed by atoms with van der Waals surface area (Å²) in [5.41, 5.74) is 9.25. The van der Waals surface area contributed by atoms with Crippen molar-refractivity contribution in [3.05, 3.63) is 66.2 Å². The minimum atomic E-state index is 0.356. The molecule has 0 radical (unpaired) electrons. The van der Waals surface area contributed by atoms with Crippen molar-refractivity contribution in [3.63, 3.8) is 0 Å². The number of aryl methyl sites for hydroxylation is 1. The fourth-order valence-corrected chi connectivity index (χ4v) is 2.31. The minimum absolute atomic E-state index is 0.356. The Labute approximate surface area is 121 Å². The first-order chi connectivity index (χ1) is 9.70. The second-order valence-electron chi connectivity index (χ2n) is 5.08. The number of hydrogen-bond donors (Lipinski definition) is 2. The van der Waals surface area contributed by atoms with Crippen LogP contribution in [0.5, 0.6) is 0 Å². The molecule has 3 nitrogen and oxygen atoms in total. The molecule has 0 fully saturated rings. The molecule has 0 aromatic heterocycles. The molecule has 0 bridgehead atoms. The summed E-state index contributed by atoms with van der Waals surface area (Å²) in [5.74, 6) is 0.